The normalized spacial score (nSPS) is 14.7. The number of rotatable bonds is 7. The summed E-state index contributed by atoms with van der Waals surface area (Å²) in [6.07, 6.45) is 3.59. The second-order valence-electron chi connectivity index (χ2n) is 8.11. The monoisotopic (exact) mass is 468 g/mol. The number of benzene rings is 2. The van der Waals surface area contributed by atoms with Gasteiger partial charge in [-0.1, -0.05) is 36.9 Å². The van der Waals surface area contributed by atoms with Crippen molar-refractivity contribution in [2.45, 2.75) is 19.3 Å². The molecule has 3 heterocycles. The van der Waals surface area contributed by atoms with Gasteiger partial charge in [0.1, 0.15) is 23.9 Å². The molecule has 0 radical (unpaired) electrons. The Balaban J connectivity index is 1.53. The smallest absolute Gasteiger partial charge is 0.272 e. The number of fused-ring (bicyclic) bond motifs is 1. The van der Waals surface area contributed by atoms with Gasteiger partial charge in [-0.3, -0.25) is 4.79 Å². The van der Waals surface area contributed by atoms with Crippen molar-refractivity contribution in [3.8, 4) is 28.7 Å². The minimum absolute atomic E-state index is 0.104. The highest BCUT2D eigenvalue weighted by Crippen LogP contribution is 2.40. The van der Waals surface area contributed by atoms with Crippen molar-refractivity contribution < 1.29 is 14.3 Å². The van der Waals surface area contributed by atoms with Crippen LogP contribution in [-0.4, -0.2) is 44.6 Å². The quantitative estimate of drug-likeness (QED) is 0.408. The molecule has 1 atom stereocenters. The van der Waals surface area contributed by atoms with E-state index < -0.39 is 0 Å². The van der Waals surface area contributed by atoms with E-state index in [4.69, 9.17) is 9.47 Å². The van der Waals surface area contributed by atoms with Crippen molar-refractivity contribution in [3.63, 3.8) is 0 Å². The average molecular weight is 469 g/mol. The number of nitrogens with one attached hydrogen (secondary N) is 1. The molecule has 2 aromatic heterocycles. The Kier molecular flexibility index (Phi) is 5.97. The van der Waals surface area contributed by atoms with Gasteiger partial charge in [0.25, 0.3) is 5.95 Å². The number of hydrogen-bond acceptors (Lipinski definition) is 7. The molecule has 1 unspecified atom stereocenters. The highest BCUT2D eigenvalue weighted by atomic mass is 16.5. The van der Waals surface area contributed by atoms with Crippen LogP contribution in [0, 0.1) is 6.92 Å². The number of aromatic nitrogens is 5. The van der Waals surface area contributed by atoms with Crippen LogP contribution < -0.4 is 14.8 Å². The number of methoxy groups -OCH3 is 1. The zero-order chi connectivity index (χ0) is 24.4. The minimum Gasteiger partial charge on any atom is -0.497 e. The van der Waals surface area contributed by atoms with Gasteiger partial charge in [0.15, 0.2) is 0 Å². The number of ether oxygens (including phenoxy) is 2. The van der Waals surface area contributed by atoms with E-state index in [1.165, 1.54) is 0 Å². The predicted octanol–water partition coefficient (Wildman–Crippen LogP) is 4.08. The second-order valence-corrected chi connectivity index (χ2v) is 8.11. The average Bonchev–Trinajstić information content (AvgIpc) is 3.23. The van der Waals surface area contributed by atoms with Gasteiger partial charge >= 0.3 is 0 Å². The topological polar surface area (TPSA) is 104 Å². The van der Waals surface area contributed by atoms with Gasteiger partial charge in [0.05, 0.1) is 24.7 Å². The summed E-state index contributed by atoms with van der Waals surface area (Å²) in [4.78, 5) is 17.4. The number of carbonyl (C=O) groups excluding carboxylic acids is 1. The van der Waals surface area contributed by atoms with Crippen molar-refractivity contribution in [2.75, 3.05) is 19.0 Å². The zero-order valence-electron chi connectivity index (χ0n) is 19.4. The molecular weight excluding hydrogens is 444 g/mol. The van der Waals surface area contributed by atoms with Gasteiger partial charge in [0.2, 0.25) is 5.91 Å². The molecule has 1 aliphatic rings. The first-order chi connectivity index (χ1) is 17.1. The summed E-state index contributed by atoms with van der Waals surface area (Å²) in [5, 5.41) is 16.0. The maximum absolute atomic E-state index is 12.7. The summed E-state index contributed by atoms with van der Waals surface area (Å²) in [5.41, 5.74) is 4.16. The molecule has 4 aromatic rings. The van der Waals surface area contributed by atoms with Crippen LogP contribution in [0.4, 0.5) is 5.82 Å². The summed E-state index contributed by atoms with van der Waals surface area (Å²) < 4.78 is 12.5. The summed E-state index contributed by atoms with van der Waals surface area (Å²) in [6, 6.07) is 15.3. The van der Waals surface area contributed by atoms with Gasteiger partial charge in [-0.2, -0.15) is 14.9 Å². The molecule has 5 rings (SSSR count). The number of anilines is 1. The first-order valence-electron chi connectivity index (χ1n) is 11.1. The molecule has 1 aliphatic heterocycles. The molecule has 35 heavy (non-hydrogen) atoms. The van der Waals surface area contributed by atoms with Crippen molar-refractivity contribution in [1.82, 2.24) is 25.0 Å². The van der Waals surface area contributed by atoms with E-state index in [-0.39, 0.29) is 17.8 Å². The van der Waals surface area contributed by atoms with Crippen LogP contribution in [0.5, 0.6) is 11.5 Å². The van der Waals surface area contributed by atoms with E-state index in [2.05, 4.69) is 32.2 Å². The number of carbonyl (C=O) groups is 1. The van der Waals surface area contributed by atoms with Crippen LogP contribution in [0.1, 0.15) is 29.2 Å². The molecule has 9 nitrogen and oxygen atoms in total. The molecule has 0 bridgehead atoms. The number of nitrogens with zero attached hydrogens (tertiary/aromatic N) is 5. The summed E-state index contributed by atoms with van der Waals surface area (Å²) >= 11 is 0. The van der Waals surface area contributed by atoms with Crippen molar-refractivity contribution in [2.24, 2.45) is 0 Å². The van der Waals surface area contributed by atoms with Crippen LogP contribution in [0.2, 0.25) is 0 Å². The summed E-state index contributed by atoms with van der Waals surface area (Å²) in [7, 11) is 1.61. The third-order valence-corrected chi connectivity index (χ3v) is 5.86. The molecule has 9 heteroatoms. The third-order valence-electron chi connectivity index (χ3n) is 5.86. The Hall–Kier alpha value is -4.53. The largest absolute Gasteiger partial charge is 0.497 e. The first-order valence-corrected chi connectivity index (χ1v) is 11.1. The minimum atomic E-state index is -0.157. The lowest BCUT2D eigenvalue weighted by Gasteiger charge is -2.24. The van der Waals surface area contributed by atoms with Gasteiger partial charge < -0.3 is 14.8 Å². The number of aryl methyl sites for hydroxylation is 1. The molecule has 0 fully saturated rings. The lowest BCUT2D eigenvalue weighted by Crippen LogP contribution is -2.25. The fourth-order valence-corrected chi connectivity index (χ4v) is 4.23. The molecule has 0 spiro atoms. The maximum Gasteiger partial charge on any atom is 0.272 e. The van der Waals surface area contributed by atoms with Crippen molar-refractivity contribution in [3.05, 3.63) is 84.2 Å². The Bertz CT molecular complexity index is 1400. The Morgan fingerprint density at radius 2 is 2.03 bits per heavy atom. The van der Waals surface area contributed by atoms with Crippen LogP contribution in [-0.2, 0) is 4.79 Å². The van der Waals surface area contributed by atoms with E-state index in [9.17, 15) is 4.79 Å². The van der Waals surface area contributed by atoms with Crippen LogP contribution in [0.15, 0.2) is 67.4 Å². The predicted molar refractivity (Wildman–Crippen MR) is 131 cm³/mol. The first kappa shape index (κ1) is 22.3. The number of hydrogen-bond donors (Lipinski definition) is 1. The Morgan fingerprint density at radius 1 is 1.20 bits per heavy atom. The SMILES string of the molecule is C=CCOc1ccc(C2CC(=O)Nc3c2c(C)nn3-c2nncc(-c3cccc(OC)c3)n2)cc1. The molecule has 1 amide bonds. The van der Waals surface area contributed by atoms with Crippen LogP contribution >= 0.6 is 0 Å². The number of amides is 1. The Morgan fingerprint density at radius 3 is 2.80 bits per heavy atom. The molecular formula is C26H24N6O3. The van der Waals surface area contributed by atoms with Crippen LogP contribution in [0.3, 0.4) is 0 Å². The van der Waals surface area contributed by atoms with E-state index in [1.807, 2.05) is 55.5 Å². The molecule has 0 saturated carbocycles. The highest BCUT2D eigenvalue weighted by molar-refractivity contribution is 5.95. The van der Waals surface area contributed by atoms with E-state index in [0.717, 1.165) is 28.1 Å². The van der Waals surface area contributed by atoms with E-state index in [0.29, 0.717) is 30.3 Å². The molecule has 176 valence electrons. The lowest BCUT2D eigenvalue weighted by atomic mass is 9.86. The van der Waals surface area contributed by atoms with Gasteiger partial charge in [-0.05, 0) is 36.8 Å². The van der Waals surface area contributed by atoms with Crippen molar-refractivity contribution >= 4 is 11.7 Å². The maximum atomic E-state index is 12.7. The highest BCUT2D eigenvalue weighted by Gasteiger charge is 2.33. The third kappa shape index (κ3) is 4.35. The molecule has 1 N–H and O–H groups in total. The lowest BCUT2D eigenvalue weighted by molar-refractivity contribution is -0.116. The van der Waals surface area contributed by atoms with Gasteiger partial charge in [-0.15, -0.1) is 5.10 Å². The van der Waals surface area contributed by atoms with Crippen molar-refractivity contribution in [1.29, 1.82) is 0 Å². The fourth-order valence-electron chi connectivity index (χ4n) is 4.23. The fraction of sp³-hybridized carbons (Fsp3) is 0.192. The standard InChI is InChI=1S/C26H24N6O3/c1-4-12-35-19-10-8-17(9-11-19)21-14-23(33)29-25-24(21)16(2)31-32(25)26-28-22(15-27-30-26)18-6-5-7-20(13-18)34-3/h4-11,13,15,21H,1,12,14H2,2-3H3,(H,29,33). The van der Waals surface area contributed by atoms with E-state index in [1.54, 1.807) is 24.1 Å². The zero-order valence-corrected chi connectivity index (χ0v) is 19.4. The second kappa shape index (κ2) is 9.38. The van der Waals surface area contributed by atoms with Gasteiger partial charge in [0, 0.05) is 23.5 Å². The molecule has 0 saturated heterocycles. The van der Waals surface area contributed by atoms with E-state index >= 15 is 0 Å². The van der Waals surface area contributed by atoms with Gasteiger partial charge in [-0.25, -0.2) is 4.98 Å². The Labute approximate surface area is 202 Å². The molecule has 0 aliphatic carbocycles. The van der Waals surface area contributed by atoms with Crippen LogP contribution in [0.25, 0.3) is 17.2 Å². The summed E-state index contributed by atoms with van der Waals surface area (Å²) in [5.74, 6) is 2.02. The molecule has 2 aromatic carbocycles. The summed E-state index contributed by atoms with van der Waals surface area (Å²) in [6.45, 7) is 6.02.